The molecule has 0 amide bonds. The molecular weight excluding hydrogens is 256 g/mol. The average molecular weight is 265 g/mol. The second-order valence-electron chi connectivity index (χ2n) is 3.03. The number of nitrogens with zero attached hydrogens (tertiary/aromatic N) is 2. The predicted molar refractivity (Wildman–Crippen MR) is 61.0 cm³/mol. The van der Waals surface area contributed by atoms with Gasteiger partial charge in [-0.1, -0.05) is 0 Å². The first-order valence-corrected chi connectivity index (χ1v) is 5.25. The van der Waals surface area contributed by atoms with E-state index in [0.717, 1.165) is 15.9 Å². The Morgan fingerprint density at radius 2 is 2.20 bits per heavy atom. The van der Waals surface area contributed by atoms with E-state index in [9.17, 15) is 0 Å². The molecule has 0 N–H and O–H groups in total. The number of ether oxygens (including phenoxy) is 1. The van der Waals surface area contributed by atoms with Gasteiger partial charge in [-0.05, 0) is 41.1 Å². The number of aryl methyl sites for hydroxylation is 1. The molecule has 2 aromatic heterocycles. The van der Waals surface area contributed by atoms with Crippen molar-refractivity contribution in [1.29, 1.82) is 0 Å². The topological polar surface area (TPSA) is 35.0 Å². The molecular formula is C11H9BrN2O. The summed E-state index contributed by atoms with van der Waals surface area (Å²) in [6.45, 7) is 1.90. The van der Waals surface area contributed by atoms with E-state index in [2.05, 4.69) is 25.9 Å². The Labute approximate surface area is 96.3 Å². The van der Waals surface area contributed by atoms with Gasteiger partial charge in [0.15, 0.2) is 0 Å². The molecule has 0 aliphatic carbocycles. The van der Waals surface area contributed by atoms with E-state index in [-0.39, 0.29) is 0 Å². The molecule has 2 heterocycles. The van der Waals surface area contributed by atoms with Crippen molar-refractivity contribution in [2.24, 2.45) is 0 Å². The normalized spacial score (nSPS) is 10.0. The van der Waals surface area contributed by atoms with Crippen LogP contribution in [0, 0.1) is 6.92 Å². The van der Waals surface area contributed by atoms with Crippen LogP contribution in [0.3, 0.4) is 0 Å². The molecule has 0 atom stereocenters. The summed E-state index contributed by atoms with van der Waals surface area (Å²) in [5, 5.41) is 0. The van der Waals surface area contributed by atoms with Gasteiger partial charge in [-0.25, -0.2) is 0 Å². The summed E-state index contributed by atoms with van der Waals surface area (Å²) in [4.78, 5) is 8.16. The van der Waals surface area contributed by atoms with E-state index >= 15 is 0 Å². The Hall–Kier alpha value is -1.42. The van der Waals surface area contributed by atoms with Crippen LogP contribution in [0.1, 0.15) is 5.69 Å². The number of hydrogen-bond acceptors (Lipinski definition) is 3. The van der Waals surface area contributed by atoms with E-state index in [0.29, 0.717) is 5.75 Å². The summed E-state index contributed by atoms with van der Waals surface area (Å²) >= 11 is 3.34. The van der Waals surface area contributed by atoms with E-state index in [1.165, 1.54) is 0 Å². The third-order valence-corrected chi connectivity index (χ3v) is 2.30. The van der Waals surface area contributed by atoms with Gasteiger partial charge in [0, 0.05) is 16.9 Å². The summed E-state index contributed by atoms with van der Waals surface area (Å²) in [5.74, 6) is 1.44. The first kappa shape index (κ1) is 10.1. The van der Waals surface area contributed by atoms with Gasteiger partial charge in [0.25, 0.3) is 0 Å². The Morgan fingerprint density at radius 1 is 1.33 bits per heavy atom. The SMILES string of the molecule is Cc1ncccc1Oc1cncc(Br)c1. The van der Waals surface area contributed by atoms with Crippen LogP contribution in [0.5, 0.6) is 11.5 Å². The van der Waals surface area contributed by atoms with Crippen molar-refractivity contribution in [2.75, 3.05) is 0 Å². The second kappa shape index (κ2) is 4.40. The van der Waals surface area contributed by atoms with E-state index in [4.69, 9.17) is 4.74 Å². The lowest BCUT2D eigenvalue weighted by molar-refractivity contribution is 0.473. The predicted octanol–water partition coefficient (Wildman–Crippen LogP) is 3.34. The molecule has 2 aromatic rings. The zero-order chi connectivity index (χ0) is 10.7. The van der Waals surface area contributed by atoms with Crippen LogP contribution < -0.4 is 4.74 Å². The Morgan fingerprint density at radius 3 is 2.93 bits per heavy atom. The summed E-state index contributed by atoms with van der Waals surface area (Å²) < 4.78 is 6.53. The molecule has 76 valence electrons. The van der Waals surface area contributed by atoms with Crippen LogP contribution in [-0.2, 0) is 0 Å². The molecule has 0 aliphatic heterocycles. The van der Waals surface area contributed by atoms with Crippen molar-refractivity contribution in [3.05, 3.63) is 47.0 Å². The zero-order valence-electron chi connectivity index (χ0n) is 8.14. The lowest BCUT2D eigenvalue weighted by Crippen LogP contribution is -1.90. The summed E-state index contributed by atoms with van der Waals surface area (Å²) in [5.41, 5.74) is 0.859. The van der Waals surface area contributed by atoms with E-state index < -0.39 is 0 Å². The molecule has 2 rings (SSSR count). The third-order valence-electron chi connectivity index (χ3n) is 1.87. The standard InChI is InChI=1S/C11H9BrN2O/c1-8-11(3-2-4-14-8)15-10-5-9(12)6-13-7-10/h2-7H,1H3. The maximum absolute atomic E-state index is 5.63. The van der Waals surface area contributed by atoms with Gasteiger partial charge in [0.05, 0.1) is 11.9 Å². The first-order chi connectivity index (χ1) is 7.25. The average Bonchev–Trinajstić information content (AvgIpc) is 2.22. The molecule has 15 heavy (non-hydrogen) atoms. The fourth-order valence-corrected chi connectivity index (χ4v) is 1.50. The van der Waals surface area contributed by atoms with Gasteiger partial charge < -0.3 is 4.74 Å². The number of halogens is 1. The fourth-order valence-electron chi connectivity index (χ4n) is 1.15. The van der Waals surface area contributed by atoms with Crippen molar-refractivity contribution in [1.82, 2.24) is 9.97 Å². The molecule has 0 saturated heterocycles. The highest BCUT2D eigenvalue weighted by Gasteiger charge is 2.01. The largest absolute Gasteiger partial charge is 0.454 e. The smallest absolute Gasteiger partial charge is 0.148 e. The highest BCUT2D eigenvalue weighted by molar-refractivity contribution is 9.10. The highest BCUT2D eigenvalue weighted by atomic mass is 79.9. The molecule has 0 radical (unpaired) electrons. The Kier molecular flexibility index (Phi) is 2.97. The Bertz CT molecular complexity index is 474. The van der Waals surface area contributed by atoms with Crippen molar-refractivity contribution in [3.63, 3.8) is 0 Å². The number of rotatable bonds is 2. The Balaban J connectivity index is 2.26. The molecule has 0 bridgehead atoms. The summed E-state index contributed by atoms with van der Waals surface area (Å²) in [6.07, 6.45) is 5.11. The minimum absolute atomic E-state index is 0.695. The molecule has 0 aromatic carbocycles. The van der Waals surface area contributed by atoms with Crippen molar-refractivity contribution in [2.45, 2.75) is 6.92 Å². The second-order valence-corrected chi connectivity index (χ2v) is 3.94. The van der Waals surface area contributed by atoms with Crippen molar-refractivity contribution in [3.8, 4) is 11.5 Å². The molecule has 0 fully saturated rings. The minimum Gasteiger partial charge on any atom is -0.454 e. The van der Waals surface area contributed by atoms with Crippen molar-refractivity contribution >= 4 is 15.9 Å². The highest BCUT2D eigenvalue weighted by Crippen LogP contribution is 2.24. The van der Waals surface area contributed by atoms with Crippen molar-refractivity contribution < 1.29 is 4.74 Å². The quantitative estimate of drug-likeness (QED) is 0.835. The van der Waals surface area contributed by atoms with Gasteiger partial charge >= 0.3 is 0 Å². The van der Waals surface area contributed by atoms with Crippen LogP contribution >= 0.6 is 15.9 Å². The van der Waals surface area contributed by atoms with E-state index in [1.54, 1.807) is 18.6 Å². The molecule has 3 nitrogen and oxygen atoms in total. The van der Waals surface area contributed by atoms with Crippen LogP contribution in [0.25, 0.3) is 0 Å². The number of aromatic nitrogens is 2. The molecule has 0 saturated carbocycles. The van der Waals surface area contributed by atoms with Crippen LogP contribution in [0.2, 0.25) is 0 Å². The molecule has 4 heteroatoms. The van der Waals surface area contributed by atoms with Gasteiger partial charge in [-0.15, -0.1) is 0 Å². The van der Waals surface area contributed by atoms with Crippen LogP contribution in [0.15, 0.2) is 41.3 Å². The van der Waals surface area contributed by atoms with Gasteiger partial charge in [-0.3, -0.25) is 9.97 Å². The van der Waals surface area contributed by atoms with Crippen LogP contribution in [0.4, 0.5) is 0 Å². The maximum Gasteiger partial charge on any atom is 0.148 e. The van der Waals surface area contributed by atoms with E-state index in [1.807, 2.05) is 25.1 Å². The summed E-state index contributed by atoms with van der Waals surface area (Å²) in [6, 6.07) is 5.58. The minimum atomic E-state index is 0.695. The van der Waals surface area contributed by atoms with Gasteiger partial charge in [0.2, 0.25) is 0 Å². The van der Waals surface area contributed by atoms with Crippen LogP contribution in [-0.4, -0.2) is 9.97 Å². The fraction of sp³-hybridized carbons (Fsp3) is 0.0909. The third kappa shape index (κ3) is 2.53. The first-order valence-electron chi connectivity index (χ1n) is 4.46. The maximum atomic E-state index is 5.63. The van der Waals surface area contributed by atoms with Gasteiger partial charge in [0.1, 0.15) is 11.5 Å². The zero-order valence-corrected chi connectivity index (χ0v) is 9.73. The number of hydrogen-bond donors (Lipinski definition) is 0. The summed E-state index contributed by atoms with van der Waals surface area (Å²) in [7, 11) is 0. The molecule has 0 aliphatic rings. The number of pyridine rings is 2. The molecule has 0 unspecified atom stereocenters. The lowest BCUT2D eigenvalue weighted by Gasteiger charge is -2.06. The molecule has 0 spiro atoms. The lowest BCUT2D eigenvalue weighted by atomic mass is 10.3. The van der Waals surface area contributed by atoms with Gasteiger partial charge in [-0.2, -0.15) is 0 Å². The monoisotopic (exact) mass is 264 g/mol.